The number of hydrogen-bond acceptors (Lipinski definition) is 5. The minimum Gasteiger partial charge on any atom is -0.489 e. The van der Waals surface area contributed by atoms with Crippen molar-refractivity contribution >= 4 is 39.4 Å². The van der Waals surface area contributed by atoms with E-state index in [1.807, 2.05) is 37.3 Å². The summed E-state index contributed by atoms with van der Waals surface area (Å²) < 4.78 is 23.9. The predicted molar refractivity (Wildman–Crippen MR) is 124 cm³/mol. The fourth-order valence-corrected chi connectivity index (χ4v) is 4.28. The third-order valence-electron chi connectivity index (χ3n) is 5.25. The first-order chi connectivity index (χ1) is 15.5. The van der Waals surface area contributed by atoms with Crippen LogP contribution >= 0.6 is 27.5 Å². The molecule has 0 radical (unpaired) electrons. The second-order valence-electron chi connectivity index (χ2n) is 7.56. The minimum atomic E-state index is -0.183. The molecule has 5 nitrogen and oxygen atoms in total. The van der Waals surface area contributed by atoms with E-state index in [-0.39, 0.29) is 18.3 Å². The Morgan fingerprint density at radius 2 is 1.97 bits per heavy atom. The molecule has 0 aliphatic carbocycles. The molecular weight excluding hydrogens is 496 g/mol. The molecule has 0 unspecified atom stereocenters. The number of benzene rings is 3. The topological polar surface area (TPSA) is 54.0 Å². The predicted octanol–water partition coefficient (Wildman–Crippen LogP) is 6.47. The van der Waals surface area contributed by atoms with Crippen LogP contribution in [0.2, 0.25) is 5.02 Å². The van der Waals surface area contributed by atoms with Gasteiger partial charge in [-0.1, -0.05) is 39.7 Å². The Labute approximate surface area is 198 Å². The monoisotopic (exact) mass is 512 g/mol. The van der Waals surface area contributed by atoms with Crippen LogP contribution in [0.25, 0.3) is 6.08 Å². The molecule has 2 heterocycles. The Morgan fingerprint density at radius 3 is 2.78 bits per heavy atom. The van der Waals surface area contributed by atoms with Gasteiger partial charge in [0.2, 0.25) is 5.78 Å². The molecule has 0 saturated carbocycles. The summed E-state index contributed by atoms with van der Waals surface area (Å²) in [5.41, 5.74) is 3.88. The van der Waals surface area contributed by atoms with Crippen molar-refractivity contribution in [3.05, 3.63) is 91.6 Å². The van der Waals surface area contributed by atoms with Crippen molar-refractivity contribution in [1.82, 2.24) is 0 Å². The average molecular weight is 514 g/mol. The molecule has 0 fully saturated rings. The molecular formula is C25H18BrClO5. The van der Waals surface area contributed by atoms with Crippen LogP contribution in [0.5, 0.6) is 17.2 Å². The number of ether oxygens (including phenoxy) is 4. The maximum Gasteiger partial charge on any atom is 0.232 e. The Bertz CT molecular complexity index is 1250. The summed E-state index contributed by atoms with van der Waals surface area (Å²) in [5, 5.41) is 0.535. The quantitative estimate of drug-likeness (QED) is 0.374. The Balaban J connectivity index is 1.42. The van der Waals surface area contributed by atoms with Crippen LogP contribution in [-0.2, 0) is 18.0 Å². The summed E-state index contributed by atoms with van der Waals surface area (Å²) in [5.74, 6) is 1.80. The standard InChI is InChI=1S/C25H18BrClO5/c1-14-6-20(30-11-15-2-4-18(26)5-3-15)10-21-23(14)24(28)22(32-21)9-16-7-19(27)8-17-12-29-13-31-25(16)17/h2-10H,11-13H2,1H3/b22-9-. The van der Waals surface area contributed by atoms with E-state index in [0.29, 0.717) is 46.6 Å². The molecule has 0 atom stereocenters. The van der Waals surface area contributed by atoms with Gasteiger partial charge in [-0.3, -0.25) is 4.79 Å². The number of fused-ring (bicyclic) bond motifs is 2. The molecule has 2 aliphatic rings. The molecule has 0 bridgehead atoms. The molecule has 3 aromatic rings. The van der Waals surface area contributed by atoms with E-state index < -0.39 is 0 Å². The molecule has 2 aliphatic heterocycles. The van der Waals surface area contributed by atoms with Crippen LogP contribution in [0, 0.1) is 6.92 Å². The lowest BCUT2D eigenvalue weighted by Gasteiger charge is -2.20. The highest BCUT2D eigenvalue weighted by Gasteiger charge is 2.30. The number of aryl methyl sites for hydroxylation is 1. The highest BCUT2D eigenvalue weighted by Crippen LogP contribution is 2.39. The molecule has 32 heavy (non-hydrogen) atoms. The van der Waals surface area contributed by atoms with E-state index in [9.17, 15) is 4.79 Å². The zero-order valence-electron chi connectivity index (χ0n) is 17.1. The SMILES string of the molecule is Cc1cc(OCc2ccc(Br)cc2)cc2c1C(=O)/C(=C/c1cc(Cl)cc3c1OCOC3)O2. The van der Waals surface area contributed by atoms with E-state index in [2.05, 4.69) is 15.9 Å². The fraction of sp³-hybridized carbons (Fsp3) is 0.160. The number of hydrogen-bond donors (Lipinski definition) is 0. The van der Waals surface area contributed by atoms with E-state index >= 15 is 0 Å². The first-order valence-electron chi connectivity index (χ1n) is 9.97. The number of carbonyl (C=O) groups is 1. The number of halogens is 2. The van der Waals surface area contributed by atoms with Gasteiger partial charge >= 0.3 is 0 Å². The van der Waals surface area contributed by atoms with Crippen LogP contribution in [0.4, 0.5) is 0 Å². The molecule has 7 heteroatoms. The first kappa shape index (κ1) is 21.1. The molecule has 0 N–H and O–H groups in total. The summed E-state index contributed by atoms with van der Waals surface area (Å²) in [6.07, 6.45) is 1.67. The normalized spacial score (nSPS) is 15.7. The third kappa shape index (κ3) is 4.13. The van der Waals surface area contributed by atoms with Gasteiger partial charge in [0.15, 0.2) is 12.6 Å². The lowest BCUT2D eigenvalue weighted by atomic mass is 10.0. The molecule has 0 amide bonds. The van der Waals surface area contributed by atoms with Crippen LogP contribution in [0.15, 0.2) is 58.8 Å². The summed E-state index contributed by atoms with van der Waals surface area (Å²) in [6.45, 7) is 2.84. The van der Waals surface area contributed by atoms with Crippen LogP contribution < -0.4 is 14.2 Å². The van der Waals surface area contributed by atoms with Gasteiger partial charge in [0.1, 0.15) is 23.9 Å². The van der Waals surface area contributed by atoms with Gasteiger partial charge in [-0.25, -0.2) is 0 Å². The van der Waals surface area contributed by atoms with Crippen LogP contribution in [-0.4, -0.2) is 12.6 Å². The van der Waals surface area contributed by atoms with Gasteiger partial charge in [-0.05, 0) is 54.5 Å². The van der Waals surface area contributed by atoms with Crippen molar-refractivity contribution in [2.24, 2.45) is 0 Å². The third-order valence-corrected chi connectivity index (χ3v) is 6.00. The van der Waals surface area contributed by atoms with Crippen molar-refractivity contribution in [3.8, 4) is 17.2 Å². The molecule has 0 aromatic heterocycles. The number of allylic oxidation sites excluding steroid dienone is 1. The van der Waals surface area contributed by atoms with Crippen LogP contribution in [0.3, 0.4) is 0 Å². The summed E-state index contributed by atoms with van der Waals surface area (Å²) >= 11 is 9.68. The Kier molecular flexibility index (Phi) is 5.67. The largest absolute Gasteiger partial charge is 0.489 e. The summed E-state index contributed by atoms with van der Waals surface area (Å²) in [4.78, 5) is 13.1. The number of ketones is 1. The molecule has 5 rings (SSSR count). The average Bonchev–Trinajstić information content (AvgIpc) is 3.08. The number of rotatable bonds is 4. The van der Waals surface area contributed by atoms with Gasteiger partial charge in [0.05, 0.1) is 12.2 Å². The minimum absolute atomic E-state index is 0.151. The lowest BCUT2D eigenvalue weighted by molar-refractivity contribution is -0.0165. The molecule has 162 valence electrons. The van der Waals surface area contributed by atoms with E-state index in [4.69, 9.17) is 30.5 Å². The second kappa shape index (κ2) is 8.62. The van der Waals surface area contributed by atoms with Crippen molar-refractivity contribution in [3.63, 3.8) is 0 Å². The maximum atomic E-state index is 13.1. The number of carbonyl (C=O) groups excluding carboxylic acids is 1. The van der Waals surface area contributed by atoms with E-state index in [1.165, 1.54) is 0 Å². The molecule has 0 spiro atoms. The zero-order valence-corrected chi connectivity index (χ0v) is 19.5. The first-order valence-corrected chi connectivity index (χ1v) is 11.1. The van der Waals surface area contributed by atoms with Crippen LogP contribution in [0.1, 0.15) is 32.6 Å². The van der Waals surface area contributed by atoms with Gasteiger partial charge in [-0.2, -0.15) is 0 Å². The fourth-order valence-electron chi connectivity index (χ4n) is 3.77. The van der Waals surface area contributed by atoms with Crippen molar-refractivity contribution in [1.29, 1.82) is 0 Å². The lowest BCUT2D eigenvalue weighted by Crippen LogP contribution is -2.12. The van der Waals surface area contributed by atoms with Crippen molar-refractivity contribution in [2.75, 3.05) is 6.79 Å². The van der Waals surface area contributed by atoms with Gasteiger partial charge in [-0.15, -0.1) is 0 Å². The Morgan fingerprint density at radius 1 is 1.16 bits per heavy atom. The maximum absolute atomic E-state index is 13.1. The van der Waals surface area contributed by atoms with Crippen molar-refractivity contribution in [2.45, 2.75) is 20.1 Å². The summed E-state index contributed by atoms with van der Waals surface area (Å²) in [7, 11) is 0. The zero-order chi connectivity index (χ0) is 22.2. The number of Topliss-reactive ketones (excluding diaryl/α,β-unsaturated/α-hetero) is 1. The smallest absolute Gasteiger partial charge is 0.232 e. The van der Waals surface area contributed by atoms with E-state index in [0.717, 1.165) is 21.2 Å². The van der Waals surface area contributed by atoms with Gasteiger partial charge in [0, 0.05) is 26.7 Å². The van der Waals surface area contributed by atoms with Crippen molar-refractivity contribution < 1.29 is 23.7 Å². The molecule has 3 aromatic carbocycles. The second-order valence-corrected chi connectivity index (χ2v) is 8.91. The van der Waals surface area contributed by atoms with Gasteiger partial charge in [0.25, 0.3) is 0 Å². The van der Waals surface area contributed by atoms with E-state index in [1.54, 1.807) is 24.3 Å². The Hall–Kier alpha value is -2.80. The molecule has 0 saturated heterocycles. The summed E-state index contributed by atoms with van der Waals surface area (Å²) in [6, 6.07) is 15.1. The van der Waals surface area contributed by atoms with Gasteiger partial charge < -0.3 is 18.9 Å². The highest BCUT2D eigenvalue weighted by atomic mass is 79.9. The highest BCUT2D eigenvalue weighted by molar-refractivity contribution is 9.10.